The molecule has 0 spiro atoms. The maximum absolute atomic E-state index is 12.6. The topological polar surface area (TPSA) is 94.8 Å². The lowest BCUT2D eigenvalue weighted by molar-refractivity contribution is -0.274. The summed E-state index contributed by atoms with van der Waals surface area (Å²) in [6, 6.07) is 16.0. The molecule has 0 unspecified atom stereocenters. The third kappa shape index (κ3) is 4.13. The van der Waals surface area contributed by atoms with Crippen LogP contribution in [-0.4, -0.2) is 37.5 Å². The first-order chi connectivity index (χ1) is 13.9. The number of anilines is 1. The lowest BCUT2D eigenvalue weighted by atomic mass is 10.2. The van der Waals surface area contributed by atoms with E-state index in [1.165, 1.54) is 18.2 Å². The Hall–Kier alpha value is -4.02. The number of fused-ring (bicyclic) bond motifs is 1. The van der Waals surface area contributed by atoms with Crippen molar-refractivity contribution in [2.75, 3.05) is 5.32 Å². The Morgan fingerprint density at radius 3 is 2.59 bits per heavy atom. The monoisotopic (exact) mass is 400 g/mol. The van der Waals surface area contributed by atoms with Crippen LogP contribution in [0.1, 0.15) is 10.6 Å². The molecular formula is C18H11F3N6O2. The molecule has 11 heteroatoms. The summed E-state index contributed by atoms with van der Waals surface area (Å²) in [6.07, 6.45) is -4.89. The first-order valence-electron chi connectivity index (χ1n) is 8.21. The highest BCUT2D eigenvalue weighted by atomic mass is 19.4. The molecule has 2 heterocycles. The van der Waals surface area contributed by atoms with Gasteiger partial charge in [-0.1, -0.05) is 30.3 Å². The van der Waals surface area contributed by atoms with Crippen molar-refractivity contribution in [3.8, 4) is 11.4 Å². The molecular weight excluding hydrogens is 389 g/mol. The summed E-state index contributed by atoms with van der Waals surface area (Å²) in [5, 5.41) is 14.5. The number of pyridine rings is 1. The second-order valence-electron chi connectivity index (χ2n) is 5.76. The van der Waals surface area contributed by atoms with Gasteiger partial charge >= 0.3 is 6.36 Å². The van der Waals surface area contributed by atoms with Crippen molar-refractivity contribution in [3.05, 3.63) is 66.5 Å². The summed E-state index contributed by atoms with van der Waals surface area (Å²) < 4.78 is 41.6. The largest absolute Gasteiger partial charge is 0.573 e. The van der Waals surface area contributed by atoms with Crippen LogP contribution in [0.2, 0.25) is 0 Å². The lowest BCUT2D eigenvalue weighted by Crippen LogP contribution is -2.19. The van der Waals surface area contributed by atoms with E-state index in [1.807, 2.05) is 18.2 Å². The molecule has 0 atom stereocenters. The van der Waals surface area contributed by atoms with Crippen LogP contribution in [0.4, 0.5) is 19.0 Å². The number of halogens is 3. The molecule has 1 amide bonds. The Balaban J connectivity index is 1.56. The van der Waals surface area contributed by atoms with Crippen molar-refractivity contribution in [1.29, 1.82) is 0 Å². The number of alkyl halides is 3. The fraction of sp³-hybridized carbons (Fsp3) is 0.0556. The summed E-state index contributed by atoms with van der Waals surface area (Å²) in [4.78, 5) is 17.4. The summed E-state index contributed by atoms with van der Waals surface area (Å²) in [5.74, 6) is -1.32. The molecule has 4 aromatic rings. The molecule has 2 aromatic carbocycles. The Bertz CT molecular complexity index is 1190. The van der Waals surface area contributed by atoms with Crippen LogP contribution in [-0.2, 0) is 0 Å². The fourth-order valence-electron chi connectivity index (χ4n) is 2.55. The van der Waals surface area contributed by atoms with Gasteiger partial charge < -0.3 is 10.1 Å². The number of ether oxygens (including phenoxy) is 1. The van der Waals surface area contributed by atoms with E-state index in [1.54, 1.807) is 18.2 Å². The Labute approximate surface area is 160 Å². The molecule has 8 nitrogen and oxygen atoms in total. The third-order valence-electron chi connectivity index (χ3n) is 3.76. The van der Waals surface area contributed by atoms with Crippen molar-refractivity contribution in [2.45, 2.75) is 6.36 Å². The lowest BCUT2D eigenvalue weighted by Gasteiger charge is -2.11. The predicted molar refractivity (Wildman–Crippen MR) is 95.5 cm³/mol. The number of amides is 1. The van der Waals surface area contributed by atoms with Crippen LogP contribution in [0.25, 0.3) is 16.6 Å². The van der Waals surface area contributed by atoms with Gasteiger partial charge in [0.05, 0.1) is 5.52 Å². The van der Waals surface area contributed by atoms with Gasteiger partial charge in [0, 0.05) is 5.39 Å². The number of para-hydroxylation sites is 3. The normalized spacial score (nSPS) is 11.4. The van der Waals surface area contributed by atoms with E-state index in [-0.39, 0.29) is 17.3 Å². The number of nitrogens with one attached hydrogen (secondary N) is 1. The van der Waals surface area contributed by atoms with Crippen LogP contribution >= 0.6 is 0 Å². The average molecular weight is 400 g/mol. The highest BCUT2D eigenvalue weighted by molar-refractivity contribution is 6.01. The second kappa shape index (κ2) is 7.19. The van der Waals surface area contributed by atoms with Crippen LogP contribution in [0.15, 0.2) is 60.7 Å². The fourth-order valence-corrected chi connectivity index (χ4v) is 2.55. The predicted octanol–water partition coefficient (Wildman–Crippen LogP) is 3.36. The number of carbonyl (C=O) groups excluding carboxylic acids is 1. The van der Waals surface area contributed by atoms with E-state index in [0.717, 1.165) is 16.2 Å². The van der Waals surface area contributed by atoms with Crippen molar-refractivity contribution >= 4 is 22.6 Å². The minimum atomic E-state index is -4.89. The van der Waals surface area contributed by atoms with Gasteiger partial charge in [0.25, 0.3) is 11.7 Å². The number of nitrogens with zero attached hydrogens (tertiary/aromatic N) is 5. The van der Waals surface area contributed by atoms with E-state index < -0.39 is 18.0 Å². The maximum atomic E-state index is 12.6. The zero-order valence-corrected chi connectivity index (χ0v) is 14.5. The SMILES string of the molecule is O=C(Nc1ccc2ccccc2n1)c1nnn(-c2ccccc2OC(F)(F)F)n1. The van der Waals surface area contributed by atoms with Crippen molar-refractivity contribution < 1.29 is 22.7 Å². The van der Waals surface area contributed by atoms with Crippen LogP contribution in [0.3, 0.4) is 0 Å². The molecule has 0 bridgehead atoms. The molecule has 0 aliphatic rings. The molecule has 146 valence electrons. The van der Waals surface area contributed by atoms with Gasteiger partial charge in [-0.05, 0) is 35.5 Å². The number of rotatable bonds is 4. The number of aromatic nitrogens is 5. The van der Waals surface area contributed by atoms with Crippen LogP contribution in [0, 0.1) is 0 Å². The number of benzene rings is 2. The van der Waals surface area contributed by atoms with Gasteiger partial charge in [-0.2, -0.15) is 0 Å². The van der Waals surface area contributed by atoms with Gasteiger partial charge in [0.1, 0.15) is 11.5 Å². The molecule has 0 saturated carbocycles. The number of hydrogen-bond acceptors (Lipinski definition) is 6. The standard InChI is InChI=1S/C18H11F3N6O2/c19-18(20,21)29-14-8-4-3-7-13(14)27-25-16(24-26-27)17(28)23-15-10-9-11-5-1-2-6-12(11)22-15/h1-10H,(H,22,23,28). The van der Waals surface area contributed by atoms with E-state index >= 15 is 0 Å². The summed E-state index contributed by atoms with van der Waals surface area (Å²) in [6.45, 7) is 0. The second-order valence-corrected chi connectivity index (χ2v) is 5.76. The highest BCUT2D eigenvalue weighted by Crippen LogP contribution is 2.27. The number of tetrazole rings is 1. The van der Waals surface area contributed by atoms with Crippen molar-refractivity contribution in [2.24, 2.45) is 0 Å². The quantitative estimate of drug-likeness (QED) is 0.565. The Morgan fingerprint density at radius 1 is 1.00 bits per heavy atom. The van der Waals surface area contributed by atoms with Gasteiger partial charge in [0.15, 0.2) is 5.75 Å². The van der Waals surface area contributed by atoms with Gasteiger partial charge in [-0.15, -0.1) is 28.2 Å². The minimum absolute atomic E-state index is 0.125. The molecule has 4 rings (SSSR count). The third-order valence-corrected chi connectivity index (χ3v) is 3.76. The van der Waals surface area contributed by atoms with Crippen molar-refractivity contribution in [1.82, 2.24) is 25.2 Å². The molecule has 1 N–H and O–H groups in total. The summed E-state index contributed by atoms with van der Waals surface area (Å²) >= 11 is 0. The van der Waals surface area contributed by atoms with Gasteiger partial charge in [-0.25, -0.2) is 4.98 Å². The molecule has 2 aromatic heterocycles. The van der Waals surface area contributed by atoms with E-state index in [4.69, 9.17) is 0 Å². The van der Waals surface area contributed by atoms with Crippen LogP contribution < -0.4 is 10.1 Å². The first-order valence-corrected chi connectivity index (χ1v) is 8.21. The van der Waals surface area contributed by atoms with Crippen molar-refractivity contribution in [3.63, 3.8) is 0 Å². The van der Waals surface area contributed by atoms with Crippen LogP contribution in [0.5, 0.6) is 5.75 Å². The number of carbonyl (C=O) groups is 1. The summed E-state index contributed by atoms with van der Waals surface area (Å²) in [7, 11) is 0. The van der Waals surface area contributed by atoms with Gasteiger partial charge in [0.2, 0.25) is 0 Å². The average Bonchev–Trinajstić information content (AvgIpc) is 3.17. The Kier molecular flexibility index (Phi) is 4.55. The van der Waals surface area contributed by atoms with E-state index in [9.17, 15) is 18.0 Å². The highest BCUT2D eigenvalue weighted by Gasteiger charge is 2.32. The molecule has 0 fully saturated rings. The summed E-state index contributed by atoms with van der Waals surface area (Å²) in [5.41, 5.74) is 0.556. The molecule has 0 aliphatic heterocycles. The number of hydrogen-bond donors (Lipinski definition) is 1. The smallest absolute Gasteiger partial charge is 0.403 e. The molecule has 0 saturated heterocycles. The Morgan fingerprint density at radius 2 is 1.76 bits per heavy atom. The molecule has 0 radical (unpaired) electrons. The zero-order chi connectivity index (χ0) is 20.4. The molecule has 0 aliphatic carbocycles. The van der Waals surface area contributed by atoms with E-state index in [0.29, 0.717) is 5.52 Å². The maximum Gasteiger partial charge on any atom is 0.573 e. The zero-order valence-electron chi connectivity index (χ0n) is 14.5. The van der Waals surface area contributed by atoms with E-state index in [2.05, 4.69) is 30.4 Å². The first kappa shape index (κ1) is 18.3. The van der Waals surface area contributed by atoms with Gasteiger partial charge in [-0.3, -0.25) is 4.79 Å². The molecule has 29 heavy (non-hydrogen) atoms. The minimum Gasteiger partial charge on any atom is -0.403 e.